The number of fused-ring (bicyclic) bond motifs is 2. The number of ether oxygens (including phenoxy) is 1. The van der Waals surface area contributed by atoms with Gasteiger partial charge in [0.25, 0.3) is 5.91 Å². The van der Waals surface area contributed by atoms with Crippen LogP contribution in [0.25, 0.3) is 0 Å². The van der Waals surface area contributed by atoms with Crippen LogP contribution in [0.3, 0.4) is 0 Å². The van der Waals surface area contributed by atoms with Gasteiger partial charge in [-0.05, 0) is 35.9 Å². The van der Waals surface area contributed by atoms with Crippen molar-refractivity contribution >= 4 is 40.9 Å². The summed E-state index contributed by atoms with van der Waals surface area (Å²) in [6, 6.07) is 11.3. The van der Waals surface area contributed by atoms with Crippen molar-refractivity contribution < 1.29 is 18.7 Å². The van der Waals surface area contributed by atoms with Crippen LogP contribution in [0.5, 0.6) is 0 Å². The number of benzene rings is 2. The molecule has 0 unspecified atom stereocenters. The second-order valence-corrected chi connectivity index (χ2v) is 8.37. The third-order valence-electron chi connectivity index (χ3n) is 4.98. The van der Waals surface area contributed by atoms with Crippen LogP contribution in [0.1, 0.15) is 11.1 Å². The summed E-state index contributed by atoms with van der Waals surface area (Å²) in [5, 5.41) is 0.501. The molecule has 146 valence electrons. The second kappa shape index (κ2) is 7.39. The van der Waals surface area contributed by atoms with Crippen LogP contribution in [0.4, 0.5) is 10.1 Å². The average Bonchev–Trinajstić information content (AvgIpc) is 3.21. The van der Waals surface area contributed by atoms with Gasteiger partial charge < -0.3 is 14.5 Å². The molecular formula is C20H18ClFN2O3S. The van der Waals surface area contributed by atoms with E-state index in [0.29, 0.717) is 28.6 Å². The van der Waals surface area contributed by atoms with E-state index >= 15 is 0 Å². The zero-order chi connectivity index (χ0) is 19.9. The molecular weight excluding hydrogens is 403 g/mol. The lowest BCUT2D eigenvalue weighted by molar-refractivity contribution is -0.143. The van der Waals surface area contributed by atoms with Crippen molar-refractivity contribution in [3.63, 3.8) is 0 Å². The zero-order valence-corrected chi connectivity index (χ0v) is 16.7. The maximum absolute atomic E-state index is 13.6. The van der Waals surface area contributed by atoms with Crippen LogP contribution in [0.15, 0.2) is 42.5 Å². The van der Waals surface area contributed by atoms with Gasteiger partial charge in [-0.1, -0.05) is 23.7 Å². The molecule has 1 saturated heterocycles. The van der Waals surface area contributed by atoms with E-state index in [1.54, 1.807) is 40.1 Å². The van der Waals surface area contributed by atoms with Gasteiger partial charge in [-0.25, -0.2) is 4.39 Å². The quantitative estimate of drug-likeness (QED) is 0.760. The Morgan fingerprint density at radius 3 is 2.75 bits per heavy atom. The molecule has 0 saturated carbocycles. The van der Waals surface area contributed by atoms with Gasteiger partial charge in [0.15, 0.2) is 4.87 Å². The first-order valence-corrected chi connectivity index (χ1v) is 10.1. The number of methoxy groups -OCH3 is 1. The lowest BCUT2D eigenvalue weighted by Gasteiger charge is -2.33. The molecule has 2 aliphatic rings. The minimum absolute atomic E-state index is 0.0938. The molecule has 0 bridgehead atoms. The number of nitrogens with zero attached hydrogens (tertiary/aromatic N) is 2. The number of rotatable bonds is 4. The maximum atomic E-state index is 13.6. The van der Waals surface area contributed by atoms with Crippen molar-refractivity contribution in [2.75, 3.05) is 30.9 Å². The normalized spacial score (nSPS) is 20.9. The Morgan fingerprint density at radius 1 is 1.29 bits per heavy atom. The van der Waals surface area contributed by atoms with Gasteiger partial charge in [0.1, 0.15) is 12.4 Å². The molecule has 1 spiro atoms. The minimum atomic E-state index is -1.14. The lowest BCUT2D eigenvalue weighted by atomic mass is 10.1. The van der Waals surface area contributed by atoms with E-state index in [4.69, 9.17) is 16.3 Å². The van der Waals surface area contributed by atoms with E-state index in [9.17, 15) is 14.0 Å². The number of halogens is 2. The SMILES string of the molecule is COCC(=O)N1CCS[C@]12C(=O)N(Cc1ccc(F)cc1)c1ccc(Cl)cc12. The van der Waals surface area contributed by atoms with Crippen molar-refractivity contribution in [3.05, 3.63) is 64.4 Å². The zero-order valence-electron chi connectivity index (χ0n) is 15.2. The van der Waals surface area contributed by atoms with Crippen LogP contribution < -0.4 is 4.90 Å². The summed E-state index contributed by atoms with van der Waals surface area (Å²) in [5.74, 6) is -0.128. The standard InChI is InChI=1S/C20H18ClFN2O3S/c1-27-12-18(25)24-8-9-28-20(24)16-10-14(21)4-7-17(16)23(19(20)26)11-13-2-5-15(22)6-3-13/h2-7,10H,8-9,11-12H2,1H3/t20-/m1/s1. The highest BCUT2D eigenvalue weighted by Gasteiger charge is 2.59. The lowest BCUT2D eigenvalue weighted by Crippen LogP contribution is -2.51. The van der Waals surface area contributed by atoms with Gasteiger partial charge in [0.05, 0.1) is 12.2 Å². The van der Waals surface area contributed by atoms with Crippen LogP contribution in [-0.2, 0) is 25.7 Å². The van der Waals surface area contributed by atoms with E-state index in [2.05, 4.69) is 0 Å². The van der Waals surface area contributed by atoms with Gasteiger partial charge in [0.2, 0.25) is 5.91 Å². The average molecular weight is 421 g/mol. The molecule has 1 atom stereocenters. The number of carbonyl (C=O) groups excluding carboxylic acids is 2. The highest BCUT2D eigenvalue weighted by Crippen LogP contribution is 2.54. The number of hydrogen-bond donors (Lipinski definition) is 0. The molecule has 5 nitrogen and oxygen atoms in total. The van der Waals surface area contributed by atoms with Crippen molar-refractivity contribution in [2.45, 2.75) is 11.4 Å². The largest absolute Gasteiger partial charge is 0.375 e. The van der Waals surface area contributed by atoms with E-state index in [1.807, 2.05) is 0 Å². The Hall–Kier alpha value is -2.09. The van der Waals surface area contributed by atoms with Crippen molar-refractivity contribution in [1.29, 1.82) is 0 Å². The third-order valence-corrected chi connectivity index (χ3v) is 6.63. The van der Waals surface area contributed by atoms with Gasteiger partial charge in [-0.2, -0.15) is 0 Å². The van der Waals surface area contributed by atoms with Gasteiger partial charge in [0, 0.05) is 30.0 Å². The van der Waals surface area contributed by atoms with Crippen molar-refractivity contribution in [2.24, 2.45) is 0 Å². The summed E-state index contributed by atoms with van der Waals surface area (Å²) in [4.78, 5) is 28.4. The molecule has 2 heterocycles. The highest BCUT2D eigenvalue weighted by molar-refractivity contribution is 8.01. The smallest absolute Gasteiger partial charge is 0.268 e. The fourth-order valence-electron chi connectivity index (χ4n) is 3.77. The fourth-order valence-corrected chi connectivity index (χ4v) is 5.42. The van der Waals surface area contributed by atoms with Crippen LogP contribution in [0.2, 0.25) is 5.02 Å². The molecule has 0 radical (unpaired) electrons. The van der Waals surface area contributed by atoms with E-state index in [1.165, 1.54) is 31.0 Å². The molecule has 4 rings (SSSR count). The number of anilines is 1. The number of carbonyl (C=O) groups is 2. The van der Waals surface area contributed by atoms with Crippen molar-refractivity contribution in [3.8, 4) is 0 Å². The Balaban J connectivity index is 1.79. The predicted octanol–water partition coefficient (Wildman–Crippen LogP) is 3.40. The van der Waals surface area contributed by atoms with Gasteiger partial charge >= 0.3 is 0 Å². The molecule has 1 fully saturated rings. The third kappa shape index (κ3) is 2.98. The highest BCUT2D eigenvalue weighted by atomic mass is 35.5. The summed E-state index contributed by atoms with van der Waals surface area (Å²) < 4.78 is 18.3. The predicted molar refractivity (Wildman–Crippen MR) is 107 cm³/mol. The fraction of sp³-hybridized carbons (Fsp3) is 0.300. The summed E-state index contributed by atoms with van der Waals surface area (Å²) in [5.41, 5.74) is 2.22. The molecule has 2 aliphatic heterocycles. The second-order valence-electron chi connectivity index (χ2n) is 6.65. The molecule has 2 aromatic rings. The van der Waals surface area contributed by atoms with Gasteiger partial charge in [-0.15, -0.1) is 11.8 Å². The molecule has 8 heteroatoms. The summed E-state index contributed by atoms with van der Waals surface area (Å²) >= 11 is 7.67. The number of amides is 2. The Labute approximate surface area is 171 Å². The summed E-state index contributed by atoms with van der Waals surface area (Å²) in [6.07, 6.45) is 0. The van der Waals surface area contributed by atoms with E-state index in [-0.39, 0.29) is 30.8 Å². The Bertz CT molecular complexity index is 940. The minimum Gasteiger partial charge on any atom is -0.375 e. The molecule has 2 amide bonds. The Morgan fingerprint density at radius 2 is 2.04 bits per heavy atom. The van der Waals surface area contributed by atoms with Crippen LogP contribution in [-0.4, -0.2) is 42.7 Å². The maximum Gasteiger partial charge on any atom is 0.268 e. The summed E-state index contributed by atoms with van der Waals surface area (Å²) in [6.45, 7) is 0.640. The molecule has 0 N–H and O–H groups in total. The summed E-state index contributed by atoms with van der Waals surface area (Å²) in [7, 11) is 1.45. The number of hydrogen-bond acceptors (Lipinski definition) is 4. The van der Waals surface area contributed by atoms with E-state index < -0.39 is 4.87 Å². The molecule has 0 aliphatic carbocycles. The molecule has 0 aromatic heterocycles. The topological polar surface area (TPSA) is 49.9 Å². The monoisotopic (exact) mass is 420 g/mol. The number of thioether (sulfide) groups is 1. The first-order chi connectivity index (χ1) is 13.5. The molecule has 2 aromatic carbocycles. The van der Waals surface area contributed by atoms with Gasteiger partial charge in [-0.3, -0.25) is 9.59 Å². The van der Waals surface area contributed by atoms with Crippen molar-refractivity contribution in [1.82, 2.24) is 4.90 Å². The van der Waals surface area contributed by atoms with Crippen LogP contribution >= 0.6 is 23.4 Å². The molecule has 28 heavy (non-hydrogen) atoms. The Kier molecular flexibility index (Phi) is 5.07. The van der Waals surface area contributed by atoms with E-state index in [0.717, 1.165) is 5.56 Å². The first-order valence-electron chi connectivity index (χ1n) is 8.77. The van der Waals surface area contributed by atoms with Crippen LogP contribution in [0, 0.1) is 5.82 Å². The first kappa shape index (κ1) is 19.2.